The first-order chi connectivity index (χ1) is 6.91. The minimum absolute atomic E-state index is 0.190. The number of alkyl halides is 3. The van der Waals surface area contributed by atoms with E-state index in [1.165, 1.54) is 4.57 Å². The van der Waals surface area contributed by atoms with Crippen LogP contribution >= 0.6 is 0 Å². The van der Waals surface area contributed by atoms with Crippen LogP contribution in [0.25, 0.3) is 0 Å². The second-order valence-electron chi connectivity index (χ2n) is 3.73. The lowest BCUT2D eigenvalue weighted by molar-refractivity contribution is -0.148. The van der Waals surface area contributed by atoms with Crippen LogP contribution in [0.2, 0.25) is 0 Å². The third-order valence-electron chi connectivity index (χ3n) is 2.52. The average Bonchev–Trinajstić information content (AvgIpc) is 2.55. The summed E-state index contributed by atoms with van der Waals surface area (Å²) in [5.74, 6) is -0.556. The number of halogens is 3. The van der Waals surface area contributed by atoms with Gasteiger partial charge < -0.3 is 9.88 Å². The highest BCUT2D eigenvalue weighted by atomic mass is 19.4. The van der Waals surface area contributed by atoms with Crippen LogP contribution in [-0.4, -0.2) is 21.3 Å². The van der Waals surface area contributed by atoms with E-state index in [9.17, 15) is 13.2 Å². The van der Waals surface area contributed by atoms with E-state index in [0.717, 1.165) is 0 Å². The molecule has 4 nitrogen and oxygen atoms in total. The molecule has 0 saturated heterocycles. The topological polar surface area (TPSA) is 42.7 Å². The SMILES string of the molecule is CC1NCC(C)n2c1nnc2C(F)(F)F. The Kier molecular flexibility index (Phi) is 2.22. The first-order valence-corrected chi connectivity index (χ1v) is 4.66. The van der Waals surface area contributed by atoms with Crippen molar-refractivity contribution in [3.63, 3.8) is 0 Å². The molecule has 0 saturated carbocycles. The fourth-order valence-corrected chi connectivity index (χ4v) is 1.76. The highest BCUT2D eigenvalue weighted by Gasteiger charge is 2.41. The predicted molar refractivity (Wildman–Crippen MR) is 46.2 cm³/mol. The van der Waals surface area contributed by atoms with Gasteiger partial charge in [-0.2, -0.15) is 13.2 Å². The molecule has 2 atom stereocenters. The molecule has 0 spiro atoms. The molecule has 0 bridgehead atoms. The van der Waals surface area contributed by atoms with E-state index in [2.05, 4.69) is 15.5 Å². The maximum Gasteiger partial charge on any atom is 0.451 e. The molecule has 0 aromatic carbocycles. The Hall–Kier alpha value is -1.11. The van der Waals surface area contributed by atoms with Crippen molar-refractivity contribution in [1.29, 1.82) is 0 Å². The number of rotatable bonds is 0. The summed E-state index contributed by atoms with van der Waals surface area (Å²) in [6, 6.07) is -0.465. The van der Waals surface area contributed by atoms with E-state index in [4.69, 9.17) is 0 Å². The van der Waals surface area contributed by atoms with Crippen molar-refractivity contribution in [2.75, 3.05) is 6.54 Å². The minimum atomic E-state index is -4.43. The van der Waals surface area contributed by atoms with E-state index in [-0.39, 0.29) is 12.1 Å². The zero-order chi connectivity index (χ0) is 11.2. The lowest BCUT2D eigenvalue weighted by Crippen LogP contribution is -2.36. The highest BCUT2D eigenvalue weighted by Crippen LogP contribution is 2.32. The first-order valence-electron chi connectivity index (χ1n) is 4.66. The molecule has 2 rings (SSSR count). The van der Waals surface area contributed by atoms with Gasteiger partial charge in [0.1, 0.15) is 5.82 Å². The third kappa shape index (κ3) is 1.60. The molecule has 1 aromatic heterocycles. The molecule has 0 aliphatic carbocycles. The van der Waals surface area contributed by atoms with E-state index in [1.807, 2.05) is 0 Å². The maximum absolute atomic E-state index is 12.6. The smallest absolute Gasteiger partial charge is 0.305 e. The fourth-order valence-electron chi connectivity index (χ4n) is 1.76. The Morgan fingerprint density at radius 2 is 2.00 bits per heavy atom. The van der Waals surface area contributed by atoms with Gasteiger partial charge in [0.15, 0.2) is 0 Å². The largest absolute Gasteiger partial charge is 0.451 e. The van der Waals surface area contributed by atoms with Crippen molar-refractivity contribution in [2.45, 2.75) is 32.1 Å². The number of nitrogens with zero attached hydrogens (tertiary/aromatic N) is 3. The number of hydrogen-bond donors (Lipinski definition) is 1. The van der Waals surface area contributed by atoms with E-state index >= 15 is 0 Å². The second kappa shape index (κ2) is 3.19. The summed E-state index contributed by atoms with van der Waals surface area (Å²) < 4.78 is 38.9. The average molecular weight is 220 g/mol. The second-order valence-corrected chi connectivity index (χ2v) is 3.73. The van der Waals surface area contributed by atoms with E-state index < -0.39 is 12.0 Å². The summed E-state index contributed by atoms with van der Waals surface area (Å²) in [4.78, 5) is 0. The summed E-state index contributed by atoms with van der Waals surface area (Å²) in [6.45, 7) is 3.98. The summed E-state index contributed by atoms with van der Waals surface area (Å²) in [5.41, 5.74) is 0. The van der Waals surface area contributed by atoms with Crippen LogP contribution in [0.3, 0.4) is 0 Å². The van der Waals surface area contributed by atoms with Crippen molar-refractivity contribution in [1.82, 2.24) is 20.1 Å². The van der Waals surface area contributed by atoms with Gasteiger partial charge in [0.25, 0.3) is 0 Å². The van der Waals surface area contributed by atoms with Gasteiger partial charge in [0.05, 0.1) is 6.04 Å². The molecule has 2 unspecified atom stereocenters. The summed E-state index contributed by atoms with van der Waals surface area (Å²) in [7, 11) is 0. The van der Waals surface area contributed by atoms with Gasteiger partial charge in [-0.1, -0.05) is 0 Å². The monoisotopic (exact) mass is 220 g/mol. The van der Waals surface area contributed by atoms with Gasteiger partial charge in [-0.25, -0.2) is 0 Å². The molecule has 0 fully saturated rings. The number of hydrogen-bond acceptors (Lipinski definition) is 3. The van der Waals surface area contributed by atoms with Crippen molar-refractivity contribution < 1.29 is 13.2 Å². The Morgan fingerprint density at radius 1 is 1.33 bits per heavy atom. The van der Waals surface area contributed by atoms with Crippen LogP contribution in [-0.2, 0) is 6.18 Å². The number of nitrogens with one attached hydrogen (secondary N) is 1. The molecule has 15 heavy (non-hydrogen) atoms. The molecular formula is C8H11F3N4. The Bertz CT molecular complexity index is 370. The number of aromatic nitrogens is 3. The summed E-state index contributed by atoms with van der Waals surface area (Å²) in [5, 5.41) is 9.86. The van der Waals surface area contributed by atoms with Gasteiger partial charge in [-0.05, 0) is 13.8 Å². The zero-order valence-corrected chi connectivity index (χ0v) is 8.34. The maximum atomic E-state index is 12.6. The molecule has 0 amide bonds. The van der Waals surface area contributed by atoms with Crippen LogP contribution in [0.4, 0.5) is 13.2 Å². The van der Waals surface area contributed by atoms with Gasteiger partial charge in [0, 0.05) is 12.6 Å². The van der Waals surface area contributed by atoms with Gasteiger partial charge in [0.2, 0.25) is 5.82 Å². The van der Waals surface area contributed by atoms with Gasteiger partial charge >= 0.3 is 6.18 Å². The number of fused-ring (bicyclic) bond motifs is 1. The fraction of sp³-hybridized carbons (Fsp3) is 0.750. The minimum Gasteiger partial charge on any atom is -0.305 e. The van der Waals surface area contributed by atoms with Crippen molar-refractivity contribution in [3.05, 3.63) is 11.6 Å². The normalized spacial score (nSPS) is 26.5. The quantitative estimate of drug-likeness (QED) is 0.720. The van der Waals surface area contributed by atoms with Crippen LogP contribution < -0.4 is 5.32 Å². The van der Waals surface area contributed by atoms with Gasteiger partial charge in [-0.3, -0.25) is 0 Å². The summed E-state index contributed by atoms with van der Waals surface area (Å²) >= 11 is 0. The molecule has 2 heterocycles. The van der Waals surface area contributed by atoms with Crippen LogP contribution in [0.1, 0.15) is 37.6 Å². The lowest BCUT2D eigenvalue weighted by Gasteiger charge is -2.28. The standard InChI is InChI=1S/C8H11F3N4/c1-4-3-12-5(2)6-13-14-7(15(4)6)8(9,10)11/h4-5,12H,3H2,1-2H3. The first kappa shape index (κ1) is 10.4. The lowest BCUT2D eigenvalue weighted by atomic mass is 10.2. The third-order valence-corrected chi connectivity index (χ3v) is 2.52. The molecule has 84 valence electrons. The molecule has 1 aliphatic rings. The van der Waals surface area contributed by atoms with Crippen molar-refractivity contribution in [3.8, 4) is 0 Å². The van der Waals surface area contributed by atoms with Crippen molar-refractivity contribution in [2.24, 2.45) is 0 Å². The Labute approximate surface area is 84.5 Å². The molecule has 1 aliphatic heterocycles. The molecule has 0 radical (unpaired) electrons. The predicted octanol–water partition coefficient (Wildman–Crippen LogP) is 1.52. The zero-order valence-electron chi connectivity index (χ0n) is 8.34. The van der Waals surface area contributed by atoms with Gasteiger partial charge in [-0.15, -0.1) is 10.2 Å². The molecule has 1 aromatic rings. The van der Waals surface area contributed by atoms with Crippen molar-refractivity contribution >= 4 is 0 Å². The molecule has 7 heteroatoms. The Balaban J connectivity index is 2.53. The molecular weight excluding hydrogens is 209 g/mol. The molecule has 1 N–H and O–H groups in total. The van der Waals surface area contributed by atoms with Crippen LogP contribution in [0, 0.1) is 0 Å². The highest BCUT2D eigenvalue weighted by molar-refractivity contribution is 5.08. The van der Waals surface area contributed by atoms with E-state index in [0.29, 0.717) is 12.4 Å². The summed E-state index contributed by atoms with van der Waals surface area (Å²) in [6.07, 6.45) is -4.43. The van der Waals surface area contributed by atoms with Crippen LogP contribution in [0.15, 0.2) is 0 Å². The van der Waals surface area contributed by atoms with E-state index in [1.54, 1.807) is 13.8 Å². The van der Waals surface area contributed by atoms with Crippen LogP contribution in [0.5, 0.6) is 0 Å². The Morgan fingerprint density at radius 3 is 2.60 bits per heavy atom.